The smallest absolute Gasteiger partial charge is 0.248 e. The number of halogens is 1. The van der Waals surface area contributed by atoms with E-state index >= 15 is 0 Å². The molecule has 0 aliphatic rings. The number of nitrogens with zero attached hydrogens (tertiary/aromatic N) is 2. The fourth-order valence-electron chi connectivity index (χ4n) is 2.24. The lowest BCUT2D eigenvalue weighted by molar-refractivity contribution is -0.111. The molecule has 0 saturated carbocycles. The number of hydrogen-bond acceptors (Lipinski definition) is 2. The molecule has 24 heavy (non-hydrogen) atoms. The minimum absolute atomic E-state index is 0.177. The van der Waals surface area contributed by atoms with Crippen molar-refractivity contribution in [2.75, 3.05) is 5.32 Å². The molecule has 1 heterocycles. The first-order valence-corrected chi connectivity index (χ1v) is 8.29. The van der Waals surface area contributed by atoms with Crippen LogP contribution in [-0.4, -0.2) is 15.7 Å². The van der Waals surface area contributed by atoms with Gasteiger partial charge in [0.2, 0.25) is 5.91 Å². The molecule has 1 N–H and O–H groups in total. The maximum Gasteiger partial charge on any atom is 0.248 e. The van der Waals surface area contributed by atoms with E-state index < -0.39 is 0 Å². The molecule has 0 spiro atoms. The van der Waals surface area contributed by atoms with E-state index in [9.17, 15) is 4.79 Å². The first-order valence-electron chi connectivity index (χ1n) is 7.50. The third-order valence-electron chi connectivity index (χ3n) is 3.36. The molecule has 4 nitrogen and oxygen atoms in total. The molecule has 1 amide bonds. The van der Waals surface area contributed by atoms with Crippen LogP contribution in [0.5, 0.6) is 0 Å². The summed E-state index contributed by atoms with van der Waals surface area (Å²) in [5, 5.41) is 7.13. The van der Waals surface area contributed by atoms with Gasteiger partial charge in [-0.15, -0.1) is 0 Å². The number of nitrogens with one attached hydrogen (secondary N) is 1. The molecular formula is C19H16BrN3O. The van der Waals surface area contributed by atoms with Gasteiger partial charge in [-0.05, 0) is 29.8 Å². The Morgan fingerprint density at radius 2 is 2.00 bits per heavy atom. The van der Waals surface area contributed by atoms with Crippen LogP contribution in [0.1, 0.15) is 11.1 Å². The van der Waals surface area contributed by atoms with E-state index in [1.807, 2.05) is 53.3 Å². The van der Waals surface area contributed by atoms with E-state index in [4.69, 9.17) is 0 Å². The van der Waals surface area contributed by atoms with E-state index in [0.717, 1.165) is 15.7 Å². The largest absolute Gasteiger partial charge is 0.322 e. The highest BCUT2D eigenvalue weighted by Crippen LogP contribution is 2.15. The van der Waals surface area contributed by atoms with Crippen LogP contribution in [0.2, 0.25) is 0 Å². The van der Waals surface area contributed by atoms with Gasteiger partial charge in [-0.2, -0.15) is 5.10 Å². The fourth-order valence-corrected chi connectivity index (χ4v) is 2.64. The van der Waals surface area contributed by atoms with Crippen molar-refractivity contribution in [3.8, 4) is 0 Å². The van der Waals surface area contributed by atoms with Gasteiger partial charge in [0.05, 0.1) is 12.7 Å². The van der Waals surface area contributed by atoms with Crippen molar-refractivity contribution in [1.82, 2.24) is 9.78 Å². The highest BCUT2D eigenvalue weighted by Gasteiger charge is 2.00. The first-order chi connectivity index (χ1) is 11.7. The molecule has 3 rings (SSSR count). The van der Waals surface area contributed by atoms with Crippen molar-refractivity contribution in [1.29, 1.82) is 0 Å². The van der Waals surface area contributed by atoms with Gasteiger partial charge in [-0.25, -0.2) is 0 Å². The van der Waals surface area contributed by atoms with Gasteiger partial charge in [-0.3, -0.25) is 9.48 Å². The van der Waals surface area contributed by atoms with Crippen molar-refractivity contribution in [3.05, 3.63) is 88.7 Å². The number of rotatable bonds is 5. The van der Waals surface area contributed by atoms with Crippen molar-refractivity contribution >= 4 is 33.6 Å². The topological polar surface area (TPSA) is 46.9 Å². The van der Waals surface area contributed by atoms with Gasteiger partial charge in [-0.1, -0.05) is 52.3 Å². The number of carbonyl (C=O) groups is 1. The van der Waals surface area contributed by atoms with Gasteiger partial charge in [0.25, 0.3) is 0 Å². The molecule has 2 aromatic carbocycles. The average molecular weight is 382 g/mol. The Kier molecular flexibility index (Phi) is 5.23. The zero-order valence-corrected chi connectivity index (χ0v) is 14.5. The molecule has 0 atom stereocenters. The van der Waals surface area contributed by atoms with E-state index in [2.05, 4.69) is 38.5 Å². The summed E-state index contributed by atoms with van der Waals surface area (Å²) in [6.07, 6.45) is 6.91. The van der Waals surface area contributed by atoms with Crippen LogP contribution in [-0.2, 0) is 11.3 Å². The summed E-state index contributed by atoms with van der Waals surface area (Å²) in [6.45, 7) is 0.707. The highest BCUT2D eigenvalue weighted by atomic mass is 79.9. The van der Waals surface area contributed by atoms with Crippen LogP contribution in [0.4, 0.5) is 5.69 Å². The predicted molar refractivity (Wildman–Crippen MR) is 99.6 cm³/mol. The van der Waals surface area contributed by atoms with Gasteiger partial charge in [0.1, 0.15) is 0 Å². The molecule has 3 aromatic rings. The van der Waals surface area contributed by atoms with Gasteiger partial charge in [0.15, 0.2) is 0 Å². The first kappa shape index (κ1) is 16.2. The lowest BCUT2D eigenvalue weighted by atomic mass is 10.2. The molecule has 0 aliphatic heterocycles. The minimum atomic E-state index is -0.177. The van der Waals surface area contributed by atoms with E-state index in [0.29, 0.717) is 6.54 Å². The Balaban J connectivity index is 1.59. The second-order valence-electron chi connectivity index (χ2n) is 5.29. The van der Waals surface area contributed by atoms with Crippen LogP contribution < -0.4 is 5.32 Å². The van der Waals surface area contributed by atoms with Gasteiger partial charge >= 0.3 is 0 Å². The molecule has 0 aliphatic carbocycles. The molecule has 1 aromatic heterocycles. The van der Waals surface area contributed by atoms with Crippen molar-refractivity contribution in [3.63, 3.8) is 0 Å². The van der Waals surface area contributed by atoms with E-state index in [-0.39, 0.29) is 5.91 Å². The summed E-state index contributed by atoms with van der Waals surface area (Å²) in [4.78, 5) is 12.0. The zero-order chi connectivity index (χ0) is 16.8. The van der Waals surface area contributed by atoms with Crippen molar-refractivity contribution in [2.45, 2.75) is 6.54 Å². The van der Waals surface area contributed by atoms with Crippen LogP contribution in [0.15, 0.2) is 77.5 Å². The summed E-state index contributed by atoms with van der Waals surface area (Å²) in [7, 11) is 0. The maximum absolute atomic E-state index is 12.0. The Hall–Kier alpha value is -2.66. The summed E-state index contributed by atoms with van der Waals surface area (Å²) < 4.78 is 2.77. The third-order valence-corrected chi connectivity index (χ3v) is 3.85. The molecule has 120 valence electrons. The van der Waals surface area contributed by atoms with Crippen LogP contribution >= 0.6 is 15.9 Å². The maximum atomic E-state index is 12.0. The standard InChI is InChI=1S/C19H16BrN3O/c20-17-7-4-8-18(11-17)22-19(24)10-9-16-12-21-23(14-16)13-15-5-2-1-3-6-15/h1-12,14H,13H2,(H,22,24)/b10-9+. The summed E-state index contributed by atoms with van der Waals surface area (Å²) in [6, 6.07) is 17.6. The predicted octanol–water partition coefficient (Wildman–Crippen LogP) is 4.35. The fraction of sp³-hybridized carbons (Fsp3) is 0.0526. The molecule has 0 unspecified atom stereocenters. The lowest BCUT2D eigenvalue weighted by Gasteiger charge is -2.01. The normalized spacial score (nSPS) is 10.9. The number of carbonyl (C=O) groups excluding carboxylic acids is 1. The number of hydrogen-bond donors (Lipinski definition) is 1. The summed E-state index contributed by atoms with van der Waals surface area (Å²) in [5.74, 6) is -0.177. The second kappa shape index (κ2) is 7.75. The van der Waals surface area contributed by atoms with Gasteiger partial charge in [0, 0.05) is 28.0 Å². The Morgan fingerprint density at radius 3 is 2.79 bits per heavy atom. The average Bonchev–Trinajstić information content (AvgIpc) is 3.01. The van der Waals surface area contributed by atoms with Crippen molar-refractivity contribution in [2.24, 2.45) is 0 Å². The minimum Gasteiger partial charge on any atom is -0.322 e. The van der Waals surface area contributed by atoms with E-state index in [1.54, 1.807) is 12.3 Å². The lowest BCUT2D eigenvalue weighted by Crippen LogP contribution is -2.07. The number of benzene rings is 2. The monoisotopic (exact) mass is 381 g/mol. The summed E-state index contributed by atoms with van der Waals surface area (Å²) >= 11 is 3.38. The Labute approximate surface area is 149 Å². The Morgan fingerprint density at radius 1 is 1.17 bits per heavy atom. The number of anilines is 1. The van der Waals surface area contributed by atoms with E-state index in [1.165, 1.54) is 11.6 Å². The third kappa shape index (κ3) is 4.67. The van der Waals surface area contributed by atoms with Crippen LogP contribution in [0.3, 0.4) is 0 Å². The molecule has 0 bridgehead atoms. The SMILES string of the molecule is O=C(/C=C/c1cnn(Cc2ccccc2)c1)Nc1cccc(Br)c1. The molecule has 0 fully saturated rings. The molecule has 0 saturated heterocycles. The van der Waals surface area contributed by atoms with Crippen LogP contribution in [0.25, 0.3) is 6.08 Å². The number of aromatic nitrogens is 2. The second-order valence-corrected chi connectivity index (χ2v) is 6.21. The number of amides is 1. The van der Waals surface area contributed by atoms with Crippen LogP contribution in [0, 0.1) is 0 Å². The molecule has 0 radical (unpaired) electrons. The highest BCUT2D eigenvalue weighted by molar-refractivity contribution is 9.10. The molecule has 5 heteroatoms. The Bertz CT molecular complexity index is 856. The quantitative estimate of drug-likeness (QED) is 0.667. The zero-order valence-electron chi connectivity index (χ0n) is 12.9. The molecular weight excluding hydrogens is 366 g/mol. The van der Waals surface area contributed by atoms with Gasteiger partial charge < -0.3 is 5.32 Å². The summed E-state index contributed by atoms with van der Waals surface area (Å²) in [5.41, 5.74) is 2.82. The van der Waals surface area contributed by atoms with Crippen molar-refractivity contribution < 1.29 is 4.79 Å².